The van der Waals surface area contributed by atoms with E-state index in [-0.39, 0.29) is 12.5 Å². The van der Waals surface area contributed by atoms with Crippen molar-refractivity contribution in [2.24, 2.45) is 0 Å². The maximum atomic E-state index is 12.3. The van der Waals surface area contributed by atoms with E-state index < -0.39 is 6.10 Å². The predicted molar refractivity (Wildman–Crippen MR) is 113 cm³/mol. The van der Waals surface area contributed by atoms with Crippen LogP contribution in [0.1, 0.15) is 28.4 Å². The van der Waals surface area contributed by atoms with Gasteiger partial charge in [-0.25, -0.2) is 4.98 Å². The van der Waals surface area contributed by atoms with Crippen molar-refractivity contribution < 1.29 is 14.6 Å². The van der Waals surface area contributed by atoms with Crippen LogP contribution in [0, 0.1) is 18.3 Å². The number of aliphatic hydroxyl groups is 1. The molecule has 0 saturated heterocycles. The number of carbonyl (C=O) groups is 1. The first-order valence-electron chi connectivity index (χ1n) is 9.53. The second-order valence-corrected chi connectivity index (χ2v) is 7.10. The SMILES string of the molecule is Cc1cc(Oc2cccc(C(=O)NCC(C)O)c2)n2c(nc3ccccc32)c1C#N. The van der Waals surface area contributed by atoms with Gasteiger partial charge >= 0.3 is 0 Å². The Morgan fingerprint density at radius 1 is 1.27 bits per heavy atom. The van der Waals surface area contributed by atoms with Crippen molar-refractivity contribution >= 4 is 22.6 Å². The Bertz CT molecular complexity index is 1300. The maximum absolute atomic E-state index is 12.3. The van der Waals surface area contributed by atoms with Gasteiger partial charge in [0.1, 0.15) is 11.8 Å². The molecule has 0 aliphatic carbocycles. The van der Waals surface area contributed by atoms with Crippen molar-refractivity contribution in [1.29, 1.82) is 5.26 Å². The first-order valence-corrected chi connectivity index (χ1v) is 9.53. The fourth-order valence-electron chi connectivity index (χ4n) is 3.29. The Hall–Kier alpha value is -3.89. The van der Waals surface area contributed by atoms with Crippen molar-refractivity contribution in [2.75, 3.05) is 6.54 Å². The second-order valence-electron chi connectivity index (χ2n) is 7.10. The largest absolute Gasteiger partial charge is 0.440 e. The first kappa shape index (κ1) is 19.4. The van der Waals surface area contributed by atoms with Crippen molar-refractivity contribution in [1.82, 2.24) is 14.7 Å². The number of nitrogens with one attached hydrogen (secondary N) is 1. The minimum absolute atomic E-state index is 0.167. The number of aryl methyl sites for hydroxylation is 1. The quantitative estimate of drug-likeness (QED) is 0.533. The minimum atomic E-state index is -0.627. The smallest absolute Gasteiger partial charge is 0.251 e. The second kappa shape index (κ2) is 7.85. The zero-order chi connectivity index (χ0) is 21.3. The predicted octanol–water partition coefficient (Wildman–Crippen LogP) is 3.57. The number of para-hydroxylation sites is 2. The summed E-state index contributed by atoms with van der Waals surface area (Å²) in [5.74, 6) is 0.676. The number of ether oxygens (including phenoxy) is 1. The first-order chi connectivity index (χ1) is 14.5. The van der Waals surface area contributed by atoms with Gasteiger partial charge in [-0.1, -0.05) is 18.2 Å². The average Bonchev–Trinajstić information content (AvgIpc) is 3.12. The summed E-state index contributed by atoms with van der Waals surface area (Å²) in [5, 5.41) is 21.6. The number of imidazole rings is 1. The van der Waals surface area contributed by atoms with Crippen molar-refractivity contribution in [3.05, 3.63) is 71.3 Å². The highest BCUT2D eigenvalue weighted by molar-refractivity contribution is 5.94. The van der Waals surface area contributed by atoms with Gasteiger partial charge < -0.3 is 15.2 Å². The lowest BCUT2D eigenvalue weighted by molar-refractivity contribution is 0.0923. The van der Waals surface area contributed by atoms with Crippen molar-refractivity contribution in [3.63, 3.8) is 0 Å². The molecule has 150 valence electrons. The van der Waals surface area contributed by atoms with E-state index in [0.717, 1.165) is 16.6 Å². The number of aromatic nitrogens is 2. The third kappa shape index (κ3) is 3.56. The van der Waals surface area contributed by atoms with Gasteiger partial charge in [-0.2, -0.15) is 5.26 Å². The molecule has 0 fully saturated rings. The van der Waals surface area contributed by atoms with Gasteiger partial charge in [0.15, 0.2) is 5.65 Å². The number of pyridine rings is 1. The zero-order valence-electron chi connectivity index (χ0n) is 16.6. The molecule has 7 nitrogen and oxygen atoms in total. The molecule has 0 saturated carbocycles. The molecule has 0 bridgehead atoms. The van der Waals surface area contributed by atoms with Gasteiger partial charge in [0.25, 0.3) is 5.91 Å². The number of nitrogens with zero attached hydrogens (tertiary/aromatic N) is 3. The molecule has 4 aromatic rings. The van der Waals surface area contributed by atoms with Crippen LogP contribution in [0.4, 0.5) is 0 Å². The van der Waals surface area contributed by atoms with Gasteiger partial charge in [-0.15, -0.1) is 0 Å². The van der Waals surface area contributed by atoms with E-state index in [0.29, 0.717) is 28.4 Å². The molecule has 0 spiro atoms. The van der Waals surface area contributed by atoms with Crippen LogP contribution in [-0.2, 0) is 0 Å². The molecule has 1 atom stereocenters. The van der Waals surface area contributed by atoms with Crippen molar-refractivity contribution in [2.45, 2.75) is 20.0 Å². The van der Waals surface area contributed by atoms with E-state index >= 15 is 0 Å². The Labute approximate surface area is 173 Å². The highest BCUT2D eigenvalue weighted by Crippen LogP contribution is 2.31. The Balaban J connectivity index is 1.77. The standard InChI is InChI=1S/C23H20N4O3/c1-14-10-21(27-20-9-4-3-8-19(20)26-22(27)18(14)12-24)30-17-7-5-6-16(11-17)23(29)25-13-15(2)28/h3-11,15,28H,13H2,1-2H3,(H,25,29). The molecule has 2 aromatic heterocycles. The fourth-order valence-corrected chi connectivity index (χ4v) is 3.29. The lowest BCUT2D eigenvalue weighted by atomic mass is 10.1. The highest BCUT2D eigenvalue weighted by atomic mass is 16.5. The van der Waals surface area contributed by atoms with Crippen LogP contribution in [0.25, 0.3) is 16.7 Å². The summed E-state index contributed by atoms with van der Waals surface area (Å²) >= 11 is 0. The van der Waals surface area contributed by atoms with E-state index in [2.05, 4.69) is 16.4 Å². The van der Waals surface area contributed by atoms with Crippen LogP contribution >= 0.6 is 0 Å². The van der Waals surface area contributed by atoms with E-state index in [4.69, 9.17) is 4.74 Å². The molecular weight excluding hydrogens is 380 g/mol. The van der Waals surface area contributed by atoms with E-state index in [9.17, 15) is 15.2 Å². The van der Waals surface area contributed by atoms with Crippen molar-refractivity contribution in [3.8, 4) is 17.7 Å². The normalized spacial score (nSPS) is 11.9. The molecule has 2 N–H and O–H groups in total. The summed E-state index contributed by atoms with van der Waals surface area (Å²) in [6.45, 7) is 3.61. The average molecular weight is 400 g/mol. The molecule has 1 amide bonds. The molecule has 4 rings (SSSR count). The fraction of sp³-hybridized carbons (Fsp3) is 0.174. The molecule has 30 heavy (non-hydrogen) atoms. The maximum Gasteiger partial charge on any atom is 0.251 e. The topological polar surface area (TPSA) is 99.7 Å². The molecule has 1 unspecified atom stereocenters. The summed E-state index contributed by atoms with van der Waals surface area (Å²) in [6, 6.07) is 18.4. The monoisotopic (exact) mass is 400 g/mol. The Kier molecular flexibility index (Phi) is 5.09. The molecule has 0 radical (unpaired) electrons. The van der Waals surface area contributed by atoms with Crippen LogP contribution in [0.3, 0.4) is 0 Å². The summed E-state index contributed by atoms with van der Waals surface area (Å²) in [4.78, 5) is 16.9. The van der Waals surface area contributed by atoms with E-state index in [1.54, 1.807) is 41.7 Å². The zero-order valence-corrected chi connectivity index (χ0v) is 16.6. The number of hydrogen-bond donors (Lipinski definition) is 2. The van der Waals surface area contributed by atoms with Gasteiger partial charge in [-0.3, -0.25) is 9.20 Å². The summed E-state index contributed by atoms with van der Waals surface area (Å²) in [5.41, 5.74) is 3.77. The van der Waals surface area contributed by atoms with Gasteiger partial charge in [0.05, 0.1) is 22.7 Å². The number of fused-ring (bicyclic) bond motifs is 3. The van der Waals surface area contributed by atoms with Crippen LogP contribution < -0.4 is 10.1 Å². The summed E-state index contributed by atoms with van der Waals surface area (Å²) < 4.78 is 7.95. The van der Waals surface area contributed by atoms with Gasteiger partial charge in [0, 0.05) is 18.2 Å². The number of aliphatic hydroxyl groups excluding tert-OH is 1. The third-order valence-corrected chi connectivity index (χ3v) is 4.73. The van der Waals surface area contributed by atoms with Crippen LogP contribution in [0.5, 0.6) is 11.6 Å². The van der Waals surface area contributed by atoms with Crippen LogP contribution in [0.2, 0.25) is 0 Å². The summed E-state index contributed by atoms with van der Waals surface area (Å²) in [6.07, 6.45) is -0.627. The minimum Gasteiger partial charge on any atom is -0.440 e. The molecule has 7 heteroatoms. The molecule has 2 aromatic carbocycles. The lowest BCUT2D eigenvalue weighted by Crippen LogP contribution is -2.30. The van der Waals surface area contributed by atoms with E-state index in [1.165, 1.54) is 0 Å². The molecule has 0 aliphatic rings. The number of amides is 1. The highest BCUT2D eigenvalue weighted by Gasteiger charge is 2.17. The number of carbonyl (C=O) groups excluding carboxylic acids is 1. The number of rotatable bonds is 5. The Morgan fingerprint density at radius 3 is 2.83 bits per heavy atom. The summed E-state index contributed by atoms with van der Waals surface area (Å²) in [7, 11) is 0. The molecular formula is C23H20N4O3. The third-order valence-electron chi connectivity index (χ3n) is 4.73. The van der Waals surface area contributed by atoms with Gasteiger partial charge in [0.2, 0.25) is 5.88 Å². The molecule has 2 heterocycles. The number of hydrogen-bond acceptors (Lipinski definition) is 5. The Morgan fingerprint density at radius 2 is 2.07 bits per heavy atom. The van der Waals surface area contributed by atoms with Crippen LogP contribution in [0.15, 0.2) is 54.6 Å². The number of benzene rings is 2. The van der Waals surface area contributed by atoms with Gasteiger partial charge in [-0.05, 0) is 49.7 Å². The van der Waals surface area contributed by atoms with Crippen LogP contribution in [-0.4, -0.2) is 33.0 Å². The molecule has 0 aliphatic heterocycles. The number of nitriles is 1. The van der Waals surface area contributed by atoms with E-state index in [1.807, 2.05) is 31.2 Å². The lowest BCUT2D eigenvalue weighted by Gasteiger charge is -2.12.